The van der Waals surface area contributed by atoms with Crippen LogP contribution in [-0.4, -0.2) is 27.7 Å². The Balaban J connectivity index is 1.50. The number of nitrogens with one attached hydrogen (secondary N) is 2. The fourth-order valence-electron chi connectivity index (χ4n) is 3.74. The first-order valence-corrected chi connectivity index (χ1v) is 9.49. The van der Waals surface area contributed by atoms with Gasteiger partial charge in [-0.1, -0.05) is 38.2 Å². The van der Waals surface area contributed by atoms with Crippen LogP contribution in [0.3, 0.4) is 0 Å². The monoisotopic (exact) mass is 351 g/mol. The van der Waals surface area contributed by atoms with Crippen LogP contribution in [0.2, 0.25) is 0 Å². The Morgan fingerprint density at radius 2 is 1.92 bits per heavy atom. The molecule has 6 heteroatoms. The second kappa shape index (κ2) is 7.32. The molecule has 2 aliphatic rings. The summed E-state index contributed by atoms with van der Waals surface area (Å²) in [6.45, 7) is 0. The number of aromatic nitrogens is 2. The molecule has 1 saturated heterocycles. The van der Waals surface area contributed by atoms with E-state index < -0.39 is 0 Å². The smallest absolute Gasteiger partial charge is 0.274 e. The number of aryl methyl sites for hydroxylation is 1. The first-order chi connectivity index (χ1) is 12.7. The molecule has 26 heavy (non-hydrogen) atoms. The highest BCUT2D eigenvalue weighted by molar-refractivity contribution is 6.15. The molecule has 6 nitrogen and oxygen atoms in total. The van der Waals surface area contributed by atoms with Crippen LogP contribution >= 0.6 is 0 Å². The number of carbonyl (C=O) groups excluding carboxylic acids is 1. The molecule has 1 amide bonds. The van der Waals surface area contributed by atoms with Gasteiger partial charge in [0, 0.05) is 12.4 Å². The van der Waals surface area contributed by atoms with E-state index in [1.54, 1.807) is 0 Å². The van der Waals surface area contributed by atoms with Gasteiger partial charge in [0.05, 0.1) is 17.8 Å². The number of amides is 1. The molecule has 1 saturated carbocycles. The Morgan fingerprint density at radius 1 is 1.15 bits per heavy atom. The van der Waals surface area contributed by atoms with Crippen molar-refractivity contribution >= 4 is 28.8 Å². The molecule has 0 radical (unpaired) electrons. The molecule has 0 unspecified atom stereocenters. The minimum atomic E-state index is -0.124. The van der Waals surface area contributed by atoms with Crippen LogP contribution in [0.25, 0.3) is 17.0 Å². The van der Waals surface area contributed by atoms with Crippen molar-refractivity contribution in [1.29, 1.82) is 0 Å². The number of nitrogens with zero attached hydrogens (tertiary/aromatic N) is 3. The summed E-state index contributed by atoms with van der Waals surface area (Å²) < 4.78 is 1.84. The lowest BCUT2D eigenvalue weighted by atomic mass is 9.97. The van der Waals surface area contributed by atoms with Crippen LogP contribution in [0.4, 0.5) is 0 Å². The molecule has 2 fully saturated rings. The first kappa shape index (κ1) is 16.8. The highest BCUT2D eigenvalue weighted by Crippen LogP contribution is 2.20. The Bertz CT molecular complexity index is 871. The predicted molar refractivity (Wildman–Crippen MR) is 104 cm³/mol. The minimum absolute atomic E-state index is 0.124. The number of hydrogen-bond acceptors (Lipinski definition) is 3. The average molecular weight is 351 g/mol. The molecule has 136 valence electrons. The second-order valence-corrected chi connectivity index (χ2v) is 7.20. The summed E-state index contributed by atoms with van der Waals surface area (Å²) in [5, 5.41) is 11.3. The molecule has 2 aromatic rings. The summed E-state index contributed by atoms with van der Waals surface area (Å²) in [4.78, 5) is 17.0. The summed E-state index contributed by atoms with van der Waals surface area (Å²) in [5.41, 5.74) is 2.58. The molecule has 0 atom stereocenters. The lowest BCUT2D eigenvalue weighted by Gasteiger charge is -2.16. The zero-order valence-electron chi connectivity index (χ0n) is 15.2. The molecule has 0 spiro atoms. The van der Waals surface area contributed by atoms with Crippen LogP contribution in [0.15, 0.2) is 35.1 Å². The lowest BCUT2D eigenvalue weighted by Crippen LogP contribution is -2.27. The van der Waals surface area contributed by atoms with Crippen LogP contribution in [0, 0.1) is 0 Å². The third kappa shape index (κ3) is 3.64. The van der Waals surface area contributed by atoms with Gasteiger partial charge in [-0.25, -0.2) is 4.99 Å². The van der Waals surface area contributed by atoms with Crippen molar-refractivity contribution in [2.24, 2.45) is 12.0 Å². The molecule has 1 aliphatic heterocycles. The SMILES string of the molecule is Cn1ncc2cc(/C=C3\NC(=NC4CCCCCCC4)NC3=O)ccc21. The van der Waals surface area contributed by atoms with Crippen molar-refractivity contribution in [2.45, 2.75) is 51.0 Å². The van der Waals surface area contributed by atoms with E-state index in [-0.39, 0.29) is 5.91 Å². The summed E-state index contributed by atoms with van der Waals surface area (Å²) in [6.07, 6.45) is 12.3. The van der Waals surface area contributed by atoms with Crippen LogP contribution in [0.5, 0.6) is 0 Å². The predicted octanol–water partition coefficient (Wildman–Crippen LogP) is 3.10. The van der Waals surface area contributed by atoms with Gasteiger partial charge < -0.3 is 5.32 Å². The maximum Gasteiger partial charge on any atom is 0.274 e. The van der Waals surface area contributed by atoms with E-state index in [1.165, 1.54) is 32.1 Å². The quantitative estimate of drug-likeness (QED) is 0.817. The molecule has 2 heterocycles. The van der Waals surface area contributed by atoms with Gasteiger partial charge in [0.25, 0.3) is 5.91 Å². The van der Waals surface area contributed by atoms with Gasteiger partial charge >= 0.3 is 0 Å². The molecule has 1 aliphatic carbocycles. The standard InChI is InChI=1S/C20H25N5O/c1-25-18-10-9-14(11-15(18)13-21-25)12-17-19(26)24-20(23-17)22-16-7-5-3-2-4-6-8-16/h9-13,16H,2-8H2,1H3,(H2,22,23,24,26)/b17-12-. The molecule has 4 rings (SSSR count). The maximum atomic E-state index is 12.3. The Kier molecular flexibility index (Phi) is 4.73. The van der Waals surface area contributed by atoms with Crippen molar-refractivity contribution in [2.75, 3.05) is 0 Å². The highest BCUT2D eigenvalue weighted by atomic mass is 16.2. The fraction of sp³-hybridized carbons (Fsp3) is 0.450. The van der Waals surface area contributed by atoms with Gasteiger partial charge in [-0.3, -0.25) is 14.8 Å². The van der Waals surface area contributed by atoms with Gasteiger partial charge in [0.2, 0.25) is 5.96 Å². The van der Waals surface area contributed by atoms with Crippen LogP contribution < -0.4 is 10.6 Å². The third-order valence-electron chi connectivity index (χ3n) is 5.20. The van der Waals surface area contributed by atoms with E-state index in [0.29, 0.717) is 17.7 Å². The molecule has 0 bridgehead atoms. The van der Waals surface area contributed by atoms with Crippen LogP contribution in [-0.2, 0) is 11.8 Å². The molecular weight excluding hydrogens is 326 g/mol. The summed E-state index contributed by atoms with van der Waals surface area (Å²) in [5.74, 6) is 0.468. The van der Waals surface area contributed by atoms with Gasteiger partial charge in [0.1, 0.15) is 5.70 Å². The Labute approximate surface area is 153 Å². The number of hydrogen-bond donors (Lipinski definition) is 2. The summed E-state index contributed by atoms with van der Waals surface area (Å²) in [6, 6.07) is 6.36. The number of fused-ring (bicyclic) bond motifs is 1. The normalized spacial score (nSPS) is 22.4. The van der Waals surface area contributed by atoms with Crippen molar-refractivity contribution in [3.63, 3.8) is 0 Å². The van der Waals surface area contributed by atoms with E-state index in [1.807, 2.05) is 42.2 Å². The van der Waals surface area contributed by atoms with E-state index >= 15 is 0 Å². The Morgan fingerprint density at radius 3 is 2.73 bits per heavy atom. The fourth-order valence-corrected chi connectivity index (χ4v) is 3.74. The highest BCUT2D eigenvalue weighted by Gasteiger charge is 2.23. The van der Waals surface area contributed by atoms with Gasteiger partial charge in [-0.05, 0) is 36.6 Å². The Hall–Kier alpha value is -2.63. The van der Waals surface area contributed by atoms with E-state index in [9.17, 15) is 4.79 Å². The lowest BCUT2D eigenvalue weighted by molar-refractivity contribution is -0.115. The van der Waals surface area contributed by atoms with Gasteiger partial charge in [0.15, 0.2) is 0 Å². The van der Waals surface area contributed by atoms with Gasteiger partial charge in [-0.15, -0.1) is 0 Å². The number of rotatable bonds is 2. The zero-order chi connectivity index (χ0) is 17.9. The van der Waals surface area contributed by atoms with Gasteiger partial charge in [-0.2, -0.15) is 5.10 Å². The molecule has 1 aromatic heterocycles. The average Bonchev–Trinajstić information content (AvgIpc) is 3.13. The molecule has 2 N–H and O–H groups in total. The van der Waals surface area contributed by atoms with E-state index in [4.69, 9.17) is 4.99 Å². The van der Waals surface area contributed by atoms with Crippen molar-refractivity contribution in [3.05, 3.63) is 35.7 Å². The number of aliphatic imine (C=N–C) groups is 1. The zero-order valence-corrected chi connectivity index (χ0v) is 15.2. The molecular formula is C20H25N5O. The number of guanidine groups is 1. The third-order valence-corrected chi connectivity index (χ3v) is 5.20. The van der Waals surface area contributed by atoms with Crippen molar-refractivity contribution in [1.82, 2.24) is 20.4 Å². The van der Waals surface area contributed by atoms with Crippen LogP contribution in [0.1, 0.15) is 50.5 Å². The molecule has 1 aromatic carbocycles. The summed E-state index contributed by atoms with van der Waals surface area (Å²) >= 11 is 0. The van der Waals surface area contributed by atoms with Crippen molar-refractivity contribution < 1.29 is 4.79 Å². The number of carbonyl (C=O) groups is 1. The first-order valence-electron chi connectivity index (χ1n) is 9.49. The maximum absolute atomic E-state index is 12.3. The van der Waals surface area contributed by atoms with Crippen molar-refractivity contribution in [3.8, 4) is 0 Å². The number of benzene rings is 1. The second-order valence-electron chi connectivity index (χ2n) is 7.20. The topological polar surface area (TPSA) is 71.3 Å². The van der Waals surface area contributed by atoms with E-state index in [2.05, 4.69) is 15.7 Å². The van der Waals surface area contributed by atoms with E-state index in [0.717, 1.165) is 29.3 Å². The minimum Gasteiger partial charge on any atom is -0.321 e. The summed E-state index contributed by atoms with van der Waals surface area (Å²) in [7, 11) is 1.92. The largest absolute Gasteiger partial charge is 0.321 e.